The van der Waals surface area contributed by atoms with Gasteiger partial charge in [0.1, 0.15) is 5.65 Å². The monoisotopic (exact) mass is 452 g/mol. The number of halogens is 1. The van der Waals surface area contributed by atoms with E-state index in [0.29, 0.717) is 36.2 Å². The second kappa shape index (κ2) is 9.08. The molecule has 0 fully saturated rings. The zero-order chi connectivity index (χ0) is 22.7. The molecule has 3 heterocycles. The van der Waals surface area contributed by atoms with E-state index in [2.05, 4.69) is 19.7 Å². The van der Waals surface area contributed by atoms with Gasteiger partial charge in [0, 0.05) is 35.5 Å². The van der Waals surface area contributed by atoms with Crippen LogP contribution in [0.5, 0.6) is 0 Å². The Morgan fingerprint density at radius 2 is 1.88 bits per heavy atom. The summed E-state index contributed by atoms with van der Waals surface area (Å²) < 4.78 is 41.2. The second-order valence-corrected chi connectivity index (χ2v) is 9.83. The molecule has 0 aliphatic carbocycles. The van der Waals surface area contributed by atoms with Gasteiger partial charge in [0.05, 0.1) is 11.4 Å². The minimum Gasteiger partial charge on any atom is -0.346 e. The zero-order valence-electron chi connectivity index (χ0n) is 18.0. The summed E-state index contributed by atoms with van der Waals surface area (Å²) >= 11 is 0. The number of hydrogen-bond acceptors (Lipinski definition) is 4. The number of pyridine rings is 2. The molecule has 0 unspecified atom stereocenters. The maximum atomic E-state index is 14.8. The van der Waals surface area contributed by atoms with Crippen molar-refractivity contribution in [1.29, 1.82) is 0 Å². The van der Waals surface area contributed by atoms with E-state index in [4.69, 9.17) is 0 Å². The molecule has 0 saturated carbocycles. The van der Waals surface area contributed by atoms with Crippen molar-refractivity contribution in [2.24, 2.45) is 0 Å². The summed E-state index contributed by atoms with van der Waals surface area (Å²) in [6.07, 6.45) is 5.12. The van der Waals surface area contributed by atoms with Crippen molar-refractivity contribution in [2.45, 2.75) is 33.1 Å². The van der Waals surface area contributed by atoms with Gasteiger partial charge in [-0.1, -0.05) is 24.3 Å². The maximum absolute atomic E-state index is 14.8. The van der Waals surface area contributed by atoms with Gasteiger partial charge in [-0.3, -0.25) is 4.72 Å². The van der Waals surface area contributed by atoms with Gasteiger partial charge in [0.25, 0.3) is 0 Å². The molecule has 0 atom stereocenters. The van der Waals surface area contributed by atoms with E-state index in [1.165, 1.54) is 0 Å². The zero-order valence-corrected chi connectivity index (χ0v) is 18.8. The number of aromatic nitrogens is 3. The first kappa shape index (κ1) is 22.0. The second-order valence-electron chi connectivity index (χ2n) is 7.81. The number of H-pyrrole nitrogens is 1. The predicted molar refractivity (Wildman–Crippen MR) is 125 cm³/mol. The van der Waals surface area contributed by atoms with Crippen LogP contribution >= 0.6 is 0 Å². The number of sulfonamides is 1. The lowest BCUT2D eigenvalue weighted by molar-refractivity contribution is 0.563. The van der Waals surface area contributed by atoms with Gasteiger partial charge in [0.2, 0.25) is 16.0 Å². The third-order valence-electron chi connectivity index (χ3n) is 5.43. The third kappa shape index (κ3) is 4.96. The molecular weight excluding hydrogens is 427 g/mol. The molecule has 3 aromatic heterocycles. The highest BCUT2D eigenvalue weighted by Gasteiger charge is 2.13. The fourth-order valence-electron chi connectivity index (χ4n) is 3.63. The van der Waals surface area contributed by atoms with Crippen LogP contribution in [0.15, 0.2) is 54.9 Å². The summed E-state index contributed by atoms with van der Waals surface area (Å²) in [5.74, 6) is -0.487. The number of para-hydroxylation sites is 1. The maximum Gasteiger partial charge on any atom is 0.232 e. The van der Waals surface area contributed by atoms with E-state index < -0.39 is 16.0 Å². The average molecular weight is 453 g/mol. The first-order chi connectivity index (χ1) is 15.3. The van der Waals surface area contributed by atoms with E-state index in [-0.39, 0.29) is 5.75 Å². The lowest BCUT2D eigenvalue weighted by Crippen LogP contribution is -2.16. The normalized spacial score (nSPS) is 11.7. The Labute approximate surface area is 187 Å². The summed E-state index contributed by atoms with van der Waals surface area (Å²) in [7, 11) is -3.37. The molecule has 4 rings (SSSR count). The van der Waals surface area contributed by atoms with Crippen molar-refractivity contribution < 1.29 is 12.8 Å². The van der Waals surface area contributed by atoms with E-state index in [9.17, 15) is 12.8 Å². The highest BCUT2D eigenvalue weighted by atomic mass is 32.2. The molecule has 0 radical (unpaired) electrons. The van der Waals surface area contributed by atoms with Crippen LogP contribution in [0.3, 0.4) is 0 Å². The van der Waals surface area contributed by atoms with E-state index in [0.717, 1.165) is 27.7 Å². The molecule has 0 aliphatic rings. The number of hydrogen-bond donors (Lipinski definition) is 2. The van der Waals surface area contributed by atoms with Gasteiger partial charge >= 0.3 is 0 Å². The van der Waals surface area contributed by atoms with Gasteiger partial charge in [-0.15, -0.1) is 0 Å². The van der Waals surface area contributed by atoms with Crippen molar-refractivity contribution in [1.82, 2.24) is 15.0 Å². The highest BCUT2D eigenvalue weighted by molar-refractivity contribution is 7.92. The third-order valence-corrected chi connectivity index (χ3v) is 6.72. The molecule has 0 aliphatic heterocycles. The quantitative estimate of drug-likeness (QED) is 0.384. The number of benzene rings is 1. The number of rotatable bonds is 8. The Morgan fingerprint density at radius 3 is 2.66 bits per heavy atom. The van der Waals surface area contributed by atoms with Gasteiger partial charge in [-0.2, -0.15) is 4.39 Å². The lowest BCUT2D eigenvalue weighted by Gasteiger charge is -2.12. The number of fused-ring (bicyclic) bond motifs is 1. The van der Waals surface area contributed by atoms with Gasteiger partial charge in [-0.25, -0.2) is 18.4 Å². The molecule has 0 spiro atoms. The molecule has 0 bridgehead atoms. The lowest BCUT2D eigenvalue weighted by atomic mass is 10.0. The van der Waals surface area contributed by atoms with Crippen LogP contribution < -0.4 is 4.72 Å². The molecule has 6 nitrogen and oxygen atoms in total. The first-order valence-corrected chi connectivity index (χ1v) is 12.1. The van der Waals surface area contributed by atoms with Crippen molar-refractivity contribution in [3.63, 3.8) is 0 Å². The topological polar surface area (TPSA) is 87.7 Å². The molecule has 0 saturated heterocycles. The molecule has 32 heavy (non-hydrogen) atoms. The molecule has 4 aromatic rings. The van der Waals surface area contributed by atoms with Gasteiger partial charge in [0.15, 0.2) is 0 Å². The first-order valence-electron chi connectivity index (χ1n) is 10.5. The predicted octanol–water partition coefficient (Wildman–Crippen LogP) is 4.54. The Morgan fingerprint density at radius 1 is 1.06 bits per heavy atom. The van der Waals surface area contributed by atoms with Crippen LogP contribution in [0.1, 0.15) is 34.9 Å². The van der Waals surface area contributed by atoms with E-state index in [1.807, 2.05) is 37.4 Å². The van der Waals surface area contributed by atoms with Crippen molar-refractivity contribution in [3.05, 3.63) is 88.8 Å². The van der Waals surface area contributed by atoms with Gasteiger partial charge < -0.3 is 4.98 Å². The van der Waals surface area contributed by atoms with Crippen molar-refractivity contribution >= 4 is 26.7 Å². The Balaban J connectivity index is 1.48. The van der Waals surface area contributed by atoms with Gasteiger partial charge in [-0.05, 0) is 61.6 Å². The summed E-state index contributed by atoms with van der Waals surface area (Å²) in [6.45, 7) is 3.57. The molecule has 166 valence electrons. The average Bonchev–Trinajstić information content (AvgIpc) is 3.16. The van der Waals surface area contributed by atoms with Crippen LogP contribution in [0, 0.1) is 12.9 Å². The van der Waals surface area contributed by atoms with E-state index >= 15 is 0 Å². The van der Waals surface area contributed by atoms with Crippen LogP contribution in [0.25, 0.3) is 11.0 Å². The minimum absolute atomic E-state index is 0.00161. The SMILES string of the molecule is CCS(=O)(=O)Nc1ccccc1CCc1ccc(Cc2c[nH]c3ncc(C)cc23)c(F)n1. The smallest absolute Gasteiger partial charge is 0.232 e. The number of aryl methyl sites for hydroxylation is 3. The van der Waals surface area contributed by atoms with Crippen LogP contribution in [-0.2, 0) is 29.3 Å². The van der Waals surface area contributed by atoms with E-state index in [1.54, 1.807) is 31.3 Å². The number of nitrogens with zero attached hydrogens (tertiary/aromatic N) is 2. The number of anilines is 1. The fraction of sp³-hybridized carbons (Fsp3) is 0.250. The molecule has 0 amide bonds. The summed E-state index contributed by atoms with van der Waals surface area (Å²) in [4.78, 5) is 11.6. The molecule has 8 heteroatoms. The van der Waals surface area contributed by atoms with Crippen molar-refractivity contribution in [3.8, 4) is 0 Å². The van der Waals surface area contributed by atoms with Crippen LogP contribution in [0.2, 0.25) is 0 Å². The molecule has 1 aromatic carbocycles. The summed E-state index contributed by atoms with van der Waals surface area (Å²) in [5.41, 5.74) is 5.35. The Kier molecular flexibility index (Phi) is 6.23. The standard InChI is InChI=1S/C24H25FN4O2S/c1-3-32(30,31)29-22-7-5-4-6-17(22)8-10-20-11-9-18(23(25)28-20)13-19-15-27-24-21(19)12-16(2)14-26-24/h4-7,9,11-12,14-15,29H,3,8,10,13H2,1-2H3,(H,26,27). The Hall–Kier alpha value is -3.26. The van der Waals surface area contributed by atoms with Crippen LogP contribution in [-0.4, -0.2) is 29.1 Å². The Bertz CT molecular complexity index is 1370. The number of nitrogens with one attached hydrogen (secondary N) is 2. The highest BCUT2D eigenvalue weighted by Crippen LogP contribution is 2.23. The summed E-state index contributed by atoms with van der Waals surface area (Å²) in [5, 5.41) is 0.986. The largest absolute Gasteiger partial charge is 0.346 e. The minimum atomic E-state index is -3.37. The molecular formula is C24H25FN4O2S. The van der Waals surface area contributed by atoms with Crippen LogP contribution in [0.4, 0.5) is 10.1 Å². The number of aromatic amines is 1. The fourth-order valence-corrected chi connectivity index (χ4v) is 4.30. The van der Waals surface area contributed by atoms with Crippen molar-refractivity contribution in [2.75, 3.05) is 10.5 Å². The summed E-state index contributed by atoms with van der Waals surface area (Å²) in [6, 6.07) is 12.9. The molecule has 2 N–H and O–H groups in total.